The van der Waals surface area contributed by atoms with Crippen LogP contribution in [0.3, 0.4) is 0 Å². The van der Waals surface area contributed by atoms with Crippen molar-refractivity contribution in [2.75, 3.05) is 7.05 Å². The van der Waals surface area contributed by atoms with Gasteiger partial charge in [0.15, 0.2) is 5.76 Å². The summed E-state index contributed by atoms with van der Waals surface area (Å²) >= 11 is 0. The molecule has 3 heterocycles. The van der Waals surface area contributed by atoms with Crippen LogP contribution in [-0.4, -0.2) is 35.3 Å². The minimum absolute atomic E-state index is 0.264. The molecule has 5 nitrogen and oxygen atoms in total. The Morgan fingerprint density at radius 3 is 2.61 bits per heavy atom. The number of hydrogen-bond acceptors (Lipinski definition) is 5. The molecule has 1 aromatic heterocycles. The molecule has 2 saturated heterocycles. The predicted octanol–water partition coefficient (Wildman–Crippen LogP) is 4.77. The van der Waals surface area contributed by atoms with Crippen molar-refractivity contribution >= 4 is 0 Å². The third kappa shape index (κ3) is 4.65. The zero-order valence-corrected chi connectivity index (χ0v) is 17.8. The molecule has 6 heteroatoms. The maximum atomic E-state index is 13.1. The molecule has 0 amide bonds. The van der Waals surface area contributed by atoms with Gasteiger partial charge >= 0.3 is 0 Å². The maximum Gasteiger partial charge on any atom is 0.167 e. The topological polar surface area (TPSA) is 50.5 Å². The van der Waals surface area contributed by atoms with E-state index in [0.29, 0.717) is 37.0 Å². The van der Waals surface area contributed by atoms with E-state index >= 15 is 0 Å². The standard InChI is InChI=1S/C25H28FN3O2/c1-29-21-9-10-22(29)14-24(13-21)30-23-4-2-3-17(11-23)15-27-16-20-12-25(31-28-20)18-5-7-19(26)8-6-18/h2-8,11-12,21-22,24,27H,9-10,13-16H2,1H3/t21-,22+,24+. The van der Waals surface area contributed by atoms with Crippen LogP contribution in [0.1, 0.15) is 36.9 Å². The molecule has 0 saturated carbocycles. The lowest BCUT2D eigenvalue weighted by atomic mass is 10.0. The van der Waals surface area contributed by atoms with Crippen molar-refractivity contribution in [1.82, 2.24) is 15.4 Å². The second-order valence-corrected chi connectivity index (χ2v) is 8.70. The number of piperidine rings is 1. The fourth-order valence-electron chi connectivity index (χ4n) is 4.86. The van der Waals surface area contributed by atoms with Crippen LogP contribution in [0.25, 0.3) is 11.3 Å². The van der Waals surface area contributed by atoms with Crippen LogP contribution >= 0.6 is 0 Å². The normalized spacial score (nSPS) is 23.2. The minimum atomic E-state index is -0.264. The van der Waals surface area contributed by atoms with Gasteiger partial charge < -0.3 is 19.5 Å². The van der Waals surface area contributed by atoms with E-state index in [-0.39, 0.29) is 5.82 Å². The number of hydrogen-bond donors (Lipinski definition) is 1. The average Bonchev–Trinajstić information content (AvgIpc) is 3.30. The fraction of sp³-hybridized carbons (Fsp3) is 0.400. The van der Waals surface area contributed by atoms with Gasteiger partial charge in [-0.25, -0.2) is 4.39 Å². The molecule has 3 aromatic rings. The van der Waals surface area contributed by atoms with Crippen LogP contribution in [0.15, 0.2) is 59.1 Å². The number of ether oxygens (including phenoxy) is 1. The summed E-state index contributed by atoms with van der Waals surface area (Å²) in [6, 6.07) is 17.8. The fourth-order valence-corrected chi connectivity index (χ4v) is 4.86. The van der Waals surface area contributed by atoms with Gasteiger partial charge in [0.25, 0.3) is 0 Å². The Bertz CT molecular complexity index is 1010. The van der Waals surface area contributed by atoms with Crippen LogP contribution in [0, 0.1) is 5.82 Å². The number of aromatic nitrogens is 1. The third-order valence-corrected chi connectivity index (χ3v) is 6.58. The van der Waals surface area contributed by atoms with E-state index in [9.17, 15) is 4.39 Å². The lowest BCUT2D eigenvalue weighted by molar-refractivity contribution is 0.0661. The first-order chi connectivity index (χ1) is 15.1. The van der Waals surface area contributed by atoms with E-state index in [1.807, 2.05) is 6.07 Å². The second-order valence-electron chi connectivity index (χ2n) is 8.70. The molecule has 1 N–H and O–H groups in total. The van der Waals surface area contributed by atoms with Gasteiger partial charge in [-0.05, 0) is 74.7 Å². The van der Waals surface area contributed by atoms with Gasteiger partial charge in [-0.1, -0.05) is 17.3 Å². The van der Waals surface area contributed by atoms with Crippen LogP contribution in [0.4, 0.5) is 4.39 Å². The molecule has 2 fully saturated rings. The van der Waals surface area contributed by atoms with Crippen molar-refractivity contribution in [2.45, 2.75) is 57.0 Å². The lowest BCUT2D eigenvalue weighted by Gasteiger charge is -2.36. The molecule has 2 aromatic carbocycles. The molecule has 0 unspecified atom stereocenters. The number of nitrogens with one attached hydrogen (secondary N) is 1. The van der Waals surface area contributed by atoms with E-state index in [1.165, 1.54) is 30.5 Å². The predicted molar refractivity (Wildman–Crippen MR) is 117 cm³/mol. The van der Waals surface area contributed by atoms with Crippen molar-refractivity contribution in [3.05, 3.63) is 71.7 Å². The largest absolute Gasteiger partial charge is 0.490 e. The number of nitrogens with zero attached hydrogens (tertiary/aromatic N) is 2. The average molecular weight is 422 g/mol. The molecular weight excluding hydrogens is 393 g/mol. The highest BCUT2D eigenvalue weighted by Gasteiger charge is 2.39. The molecule has 2 bridgehead atoms. The monoisotopic (exact) mass is 421 g/mol. The summed E-state index contributed by atoms with van der Waals surface area (Å²) in [6.07, 6.45) is 5.17. The number of benzene rings is 2. The number of rotatable bonds is 7. The van der Waals surface area contributed by atoms with Crippen molar-refractivity contribution in [2.24, 2.45) is 0 Å². The number of halogens is 1. The Labute approximate surface area is 182 Å². The molecule has 0 aliphatic carbocycles. The Balaban J connectivity index is 1.13. The molecule has 0 spiro atoms. The summed E-state index contributed by atoms with van der Waals surface area (Å²) in [5, 5.41) is 7.52. The van der Waals surface area contributed by atoms with E-state index in [2.05, 4.69) is 46.7 Å². The summed E-state index contributed by atoms with van der Waals surface area (Å²) in [7, 11) is 2.25. The van der Waals surface area contributed by atoms with Gasteiger partial charge in [0.05, 0.1) is 5.69 Å². The highest BCUT2D eigenvalue weighted by atomic mass is 19.1. The lowest BCUT2D eigenvalue weighted by Crippen LogP contribution is -2.43. The maximum absolute atomic E-state index is 13.1. The summed E-state index contributed by atoms with van der Waals surface area (Å²) in [6.45, 7) is 1.31. The van der Waals surface area contributed by atoms with Gasteiger partial charge in [0, 0.05) is 36.8 Å². The van der Waals surface area contributed by atoms with Gasteiger partial charge in [-0.15, -0.1) is 0 Å². The zero-order valence-electron chi connectivity index (χ0n) is 17.8. The number of fused-ring (bicyclic) bond motifs is 2. The first kappa shape index (κ1) is 20.2. The second kappa shape index (κ2) is 8.81. The molecular formula is C25H28FN3O2. The van der Waals surface area contributed by atoms with E-state index in [1.54, 1.807) is 12.1 Å². The Hall–Kier alpha value is -2.70. The summed E-state index contributed by atoms with van der Waals surface area (Å²) in [4.78, 5) is 2.53. The zero-order chi connectivity index (χ0) is 21.2. The Morgan fingerprint density at radius 2 is 1.84 bits per heavy atom. The highest BCUT2D eigenvalue weighted by molar-refractivity contribution is 5.57. The first-order valence-corrected chi connectivity index (χ1v) is 11.0. The highest BCUT2D eigenvalue weighted by Crippen LogP contribution is 2.36. The molecule has 2 aliphatic rings. The van der Waals surface area contributed by atoms with Crippen LogP contribution in [0.2, 0.25) is 0 Å². The Kier molecular flexibility index (Phi) is 5.74. The molecule has 2 aliphatic heterocycles. The third-order valence-electron chi connectivity index (χ3n) is 6.58. The Morgan fingerprint density at radius 1 is 1.06 bits per heavy atom. The smallest absolute Gasteiger partial charge is 0.167 e. The molecule has 0 radical (unpaired) electrons. The van der Waals surface area contributed by atoms with Crippen molar-refractivity contribution in [1.29, 1.82) is 0 Å². The summed E-state index contributed by atoms with van der Waals surface area (Å²) in [5.74, 6) is 1.33. The van der Waals surface area contributed by atoms with Gasteiger partial charge in [-0.3, -0.25) is 0 Å². The molecule has 162 valence electrons. The van der Waals surface area contributed by atoms with E-state index in [4.69, 9.17) is 9.26 Å². The van der Waals surface area contributed by atoms with Gasteiger partial charge in [-0.2, -0.15) is 0 Å². The minimum Gasteiger partial charge on any atom is -0.490 e. The molecule has 3 atom stereocenters. The van der Waals surface area contributed by atoms with Gasteiger partial charge in [0.1, 0.15) is 17.7 Å². The van der Waals surface area contributed by atoms with Crippen molar-refractivity contribution in [3.8, 4) is 17.1 Å². The first-order valence-electron chi connectivity index (χ1n) is 11.0. The van der Waals surface area contributed by atoms with Crippen LogP contribution in [-0.2, 0) is 13.1 Å². The quantitative estimate of drug-likeness (QED) is 0.595. The summed E-state index contributed by atoms with van der Waals surface area (Å²) in [5.41, 5.74) is 2.80. The van der Waals surface area contributed by atoms with Crippen LogP contribution in [0.5, 0.6) is 5.75 Å². The van der Waals surface area contributed by atoms with E-state index in [0.717, 1.165) is 29.8 Å². The van der Waals surface area contributed by atoms with Gasteiger partial charge in [0.2, 0.25) is 0 Å². The van der Waals surface area contributed by atoms with Crippen LogP contribution < -0.4 is 10.1 Å². The van der Waals surface area contributed by atoms with E-state index < -0.39 is 0 Å². The summed E-state index contributed by atoms with van der Waals surface area (Å²) < 4.78 is 24.8. The molecule has 31 heavy (non-hydrogen) atoms. The molecule has 5 rings (SSSR count). The van der Waals surface area contributed by atoms with Crippen molar-refractivity contribution in [3.63, 3.8) is 0 Å². The van der Waals surface area contributed by atoms with Crippen molar-refractivity contribution < 1.29 is 13.7 Å². The SMILES string of the molecule is CN1[C@@H]2CC[C@H]1C[C@@H](Oc1cccc(CNCc3cc(-c4ccc(F)cc4)on3)c1)C2.